The summed E-state index contributed by atoms with van der Waals surface area (Å²) in [5, 5.41) is 2.16. The minimum Gasteiger partial charge on any atom is -0.456 e. The summed E-state index contributed by atoms with van der Waals surface area (Å²) < 4.78 is 6.63. The monoisotopic (exact) mass is 666 g/mol. The molecule has 0 saturated heterocycles. The van der Waals surface area contributed by atoms with Gasteiger partial charge in [-0.05, 0) is 70.5 Å². The lowest BCUT2D eigenvalue weighted by Crippen LogP contribution is -2.17. The summed E-state index contributed by atoms with van der Waals surface area (Å²) >= 11 is 0. The molecule has 3 heteroatoms. The van der Waals surface area contributed by atoms with Crippen molar-refractivity contribution in [2.75, 3.05) is 0 Å². The minimum atomic E-state index is -0.0318. The van der Waals surface area contributed by atoms with Gasteiger partial charge in [-0.25, -0.2) is 4.99 Å². The predicted octanol–water partition coefficient (Wildman–Crippen LogP) is 12.0. The Labute approximate surface area is 303 Å². The third kappa shape index (κ3) is 5.32. The van der Waals surface area contributed by atoms with Crippen molar-refractivity contribution in [3.8, 4) is 22.3 Å². The Morgan fingerprint density at radius 3 is 2.15 bits per heavy atom. The zero-order chi connectivity index (χ0) is 34.4. The number of aliphatic imine (C=N–C) groups is 2. The van der Waals surface area contributed by atoms with Gasteiger partial charge < -0.3 is 4.42 Å². The highest BCUT2D eigenvalue weighted by Gasteiger charge is 2.26. The van der Waals surface area contributed by atoms with Crippen LogP contribution in [-0.2, 0) is 6.42 Å². The highest BCUT2D eigenvalue weighted by atomic mass is 16.3. The Hall–Kier alpha value is -6.50. The molecule has 1 aliphatic carbocycles. The van der Waals surface area contributed by atoms with Crippen molar-refractivity contribution in [1.82, 2.24) is 0 Å². The standard InChI is InChI=1S/C49H34N2O/c1-4-13-32(14-5-1)39-26-23-33-15-10-11-20-38(33)40-27-24-36(29-43(39)40)37-25-28-42-47(30-37)52-46-22-12-21-41(48(42)46)45-31-44(34-16-6-2-7-17-34)50-49(51-45)35-18-8-3-9-19-35/h1-22,25,28-30,39,44H,23,26,31H2/t39?,44-/m1/s1. The van der Waals surface area contributed by atoms with Crippen molar-refractivity contribution < 1.29 is 4.42 Å². The van der Waals surface area contributed by atoms with E-state index in [-0.39, 0.29) is 12.0 Å². The van der Waals surface area contributed by atoms with Gasteiger partial charge in [0.05, 0.1) is 11.8 Å². The van der Waals surface area contributed by atoms with Gasteiger partial charge in [0.25, 0.3) is 0 Å². The molecule has 0 radical (unpaired) electrons. The van der Waals surface area contributed by atoms with Crippen LogP contribution in [0.15, 0.2) is 172 Å². The maximum Gasteiger partial charge on any atom is 0.155 e. The topological polar surface area (TPSA) is 37.9 Å². The van der Waals surface area contributed by atoms with Gasteiger partial charge in [0.15, 0.2) is 5.84 Å². The summed E-state index contributed by atoms with van der Waals surface area (Å²) in [5.41, 5.74) is 14.5. The second kappa shape index (κ2) is 12.7. The summed E-state index contributed by atoms with van der Waals surface area (Å²) in [6.07, 6.45) is 2.77. The zero-order valence-corrected chi connectivity index (χ0v) is 28.6. The highest BCUT2D eigenvalue weighted by molar-refractivity contribution is 6.22. The smallest absolute Gasteiger partial charge is 0.155 e. The Balaban J connectivity index is 1.08. The fourth-order valence-electron chi connectivity index (χ4n) is 8.16. The quantitative estimate of drug-likeness (QED) is 0.180. The van der Waals surface area contributed by atoms with E-state index in [9.17, 15) is 0 Å². The molecule has 1 aliphatic heterocycles. The average molecular weight is 667 g/mol. The molecule has 0 fully saturated rings. The van der Waals surface area contributed by atoms with Crippen LogP contribution in [0.1, 0.15) is 58.2 Å². The van der Waals surface area contributed by atoms with E-state index < -0.39 is 0 Å². The Morgan fingerprint density at radius 2 is 1.33 bits per heavy atom. The first-order chi connectivity index (χ1) is 25.8. The van der Waals surface area contributed by atoms with Gasteiger partial charge >= 0.3 is 0 Å². The average Bonchev–Trinajstić information content (AvgIpc) is 3.51. The molecule has 2 heterocycles. The normalized spacial score (nSPS) is 16.7. The molecular weight excluding hydrogens is 633 g/mol. The first-order valence-electron chi connectivity index (χ1n) is 18.1. The van der Waals surface area contributed by atoms with Crippen LogP contribution in [0, 0.1) is 12.1 Å². The number of aryl methyl sites for hydroxylation is 1. The largest absolute Gasteiger partial charge is 0.456 e. The van der Waals surface area contributed by atoms with E-state index in [1.807, 2.05) is 18.2 Å². The molecule has 2 aliphatic rings. The molecule has 52 heavy (non-hydrogen) atoms. The van der Waals surface area contributed by atoms with E-state index in [0.29, 0.717) is 6.42 Å². The molecule has 246 valence electrons. The molecule has 10 rings (SSSR count). The van der Waals surface area contributed by atoms with Gasteiger partial charge in [0.1, 0.15) is 11.2 Å². The maximum absolute atomic E-state index is 6.63. The van der Waals surface area contributed by atoms with E-state index in [0.717, 1.165) is 74.1 Å². The zero-order valence-electron chi connectivity index (χ0n) is 28.6. The van der Waals surface area contributed by atoms with Crippen LogP contribution >= 0.6 is 0 Å². The van der Waals surface area contributed by atoms with Gasteiger partial charge in [-0.2, -0.15) is 0 Å². The van der Waals surface area contributed by atoms with Crippen molar-refractivity contribution in [3.05, 3.63) is 203 Å². The number of rotatable bonds is 5. The second-order valence-electron chi connectivity index (χ2n) is 13.8. The van der Waals surface area contributed by atoms with Crippen LogP contribution in [0.3, 0.4) is 0 Å². The lowest BCUT2D eigenvalue weighted by atomic mass is 9.85. The Morgan fingerprint density at radius 1 is 0.596 bits per heavy atom. The molecule has 1 aromatic heterocycles. The van der Waals surface area contributed by atoms with E-state index in [1.165, 1.54) is 27.8 Å². The predicted molar refractivity (Wildman–Crippen MR) is 212 cm³/mol. The molecule has 0 spiro atoms. The van der Waals surface area contributed by atoms with Gasteiger partial charge in [0.2, 0.25) is 0 Å². The summed E-state index contributed by atoms with van der Waals surface area (Å²) in [6, 6.07) is 62.9. The number of fused-ring (bicyclic) bond motifs is 6. The van der Waals surface area contributed by atoms with E-state index in [2.05, 4.69) is 152 Å². The van der Waals surface area contributed by atoms with E-state index in [1.54, 1.807) is 0 Å². The van der Waals surface area contributed by atoms with Crippen LogP contribution in [0.25, 0.3) is 44.2 Å². The molecule has 0 N–H and O–H groups in total. The third-order valence-corrected chi connectivity index (χ3v) is 10.7. The Kier molecular flexibility index (Phi) is 7.40. The second-order valence-corrected chi connectivity index (χ2v) is 13.8. The van der Waals surface area contributed by atoms with Gasteiger partial charge in [-0.15, -0.1) is 0 Å². The van der Waals surface area contributed by atoms with E-state index in [4.69, 9.17) is 14.4 Å². The molecular formula is C49H34N2O. The van der Waals surface area contributed by atoms with Crippen molar-refractivity contribution in [1.29, 1.82) is 0 Å². The molecule has 3 nitrogen and oxygen atoms in total. The number of hydrogen-bond donors (Lipinski definition) is 0. The van der Waals surface area contributed by atoms with Crippen LogP contribution in [0.4, 0.5) is 0 Å². The molecule has 8 aromatic rings. The van der Waals surface area contributed by atoms with Crippen LogP contribution in [0.2, 0.25) is 0 Å². The van der Waals surface area contributed by atoms with Gasteiger partial charge in [0, 0.05) is 45.4 Å². The van der Waals surface area contributed by atoms with Crippen LogP contribution < -0.4 is 0 Å². The van der Waals surface area contributed by atoms with Crippen molar-refractivity contribution in [2.24, 2.45) is 9.98 Å². The van der Waals surface area contributed by atoms with E-state index >= 15 is 0 Å². The first-order valence-corrected chi connectivity index (χ1v) is 18.1. The molecule has 2 atom stereocenters. The van der Waals surface area contributed by atoms with Crippen LogP contribution in [-0.4, -0.2) is 11.5 Å². The maximum atomic E-state index is 6.63. The number of amidine groups is 1. The lowest BCUT2D eigenvalue weighted by Gasteiger charge is -2.21. The molecule has 0 bridgehead atoms. The summed E-state index contributed by atoms with van der Waals surface area (Å²) in [4.78, 5) is 10.4. The summed E-state index contributed by atoms with van der Waals surface area (Å²) in [6.45, 7) is 0. The fraction of sp³-hybridized carbons (Fsp3) is 0.102. The molecule has 0 amide bonds. The summed E-state index contributed by atoms with van der Waals surface area (Å²) in [5.74, 6) is 1.03. The third-order valence-electron chi connectivity index (χ3n) is 10.7. The number of nitrogens with zero attached hydrogens (tertiary/aromatic N) is 2. The molecule has 1 unspecified atom stereocenters. The van der Waals surface area contributed by atoms with Gasteiger partial charge in [-0.1, -0.05) is 146 Å². The Bertz CT molecular complexity index is 2650. The van der Waals surface area contributed by atoms with Crippen molar-refractivity contribution in [2.45, 2.75) is 31.2 Å². The fourth-order valence-corrected chi connectivity index (χ4v) is 8.16. The first kappa shape index (κ1) is 30.3. The molecule has 0 saturated carbocycles. The number of hydrogen-bond acceptors (Lipinski definition) is 3. The van der Waals surface area contributed by atoms with Crippen molar-refractivity contribution >= 4 is 33.5 Å². The minimum absolute atomic E-state index is 0.0318. The van der Waals surface area contributed by atoms with Crippen LogP contribution in [0.5, 0.6) is 0 Å². The SMILES string of the molecule is c1c(-c2ccc3c(c2)oc2cccc(C4=NC(c5ccccc5)=N[C@@H](c5ccccc5)C4)c23)cc2c(c#1)-c1ccccc1CCC2c1ccccc1. The lowest BCUT2D eigenvalue weighted by molar-refractivity contribution is 0.669. The van der Waals surface area contributed by atoms with Gasteiger partial charge in [-0.3, -0.25) is 4.99 Å². The van der Waals surface area contributed by atoms with Crippen molar-refractivity contribution in [3.63, 3.8) is 0 Å². The molecule has 7 aromatic carbocycles. The number of furan rings is 1. The summed E-state index contributed by atoms with van der Waals surface area (Å²) in [7, 11) is 0. The highest BCUT2D eigenvalue weighted by Crippen LogP contribution is 2.43. The number of benzene rings is 6.